The minimum atomic E-state index is -4.33. The second-order valence-corrected chi connectivity index (χ2v) is 9.99. The van der Waals surface area contributed by atoms with Crippen LogP contribution in [0.25, 0.3) is 0 Å². The van der Waals surface area contributed by atoms with Gasteiger partial charge in [0.15, 0.2) is 0 Å². The number of ether oxygens (including phenoxy) is 2. The molecule has 2 aliphatic rings. The van der Waals surface area contributed by atoms with Crippen molar-refractivity contribution in [1.29, 1.82) is 0 Å². The molecule has 0 aromatic heterocycles. The van der Waals surface area contributed by atoms with Gasteiger partial charge in [-0.1, -0.05) is 39.3 Å². The molecule has 0 bridgehead atoms. The zero-order chi connectivity index (χ0) is 25.1. The zero-order valence-electron chi connectivity index (χ0n) is 21.2. The van der Waals surface area contributed by atoms with Crippen LogP contribution < -0.4 is 0 Å². The number of carbonyl (C=O) groups is 1. The van der Waals surface area contributed by atoms with Crippen LogP contribution in [0, 0.1) is 17.8 Å². The maximum Gasteiger partial charge on any atom is 0.416 e. The molecule has 2 atom stereocenters. The third kappa shape index (κ3) is 9.57. The molecule has 0 saturated carbocycles. The van der Waals surface area contributed by atoms with Crippen molar-refractivity contribution in [2.24, 2.45) is 17.8 Å². The van der Waals surface area contributed by atoms with Crippen molar-refractivity contribution in [2.75, 3.05) is 33.4 Å². The fourth-order valence-electron chi connectivity index (χ4n) is 4.48. The van der Waals surface area contributed by atoms with Crippen molar-refractivity contribution in [3.05, 3.63) is 35.4 Å². The van der Waals surface area contributed by atoms with Crippen LogP contribution in [0.3, 0.4) is 0 Å². The average Bonchev–Trinajstić information content (AvgIpc) is 2.83. The van der Waals surface area contributed by atoms with Crippen LogP contribution in [0.2, 0.25) is 0 Å². The molecule has 1 aromatic carbocycles. The van der Waals surface area contributed by atoms with E-state index in [-0.39, 0.29) is 17.9 Å². The molecule has 4 nitrogen and oxygen atoms in total. The molecule has 3 rings (SSSR count). The Bertz CT molecular complexity index is 715. The fraction of sp³-hybridized carbons (Fsp3) is 0.741. The molecule has 0 spiro atoms. The molecule has 0 N–H and O–H groups in total. The van der Waals surface area contributed by atoms with Gasteiger partial charge < -0.3 is 9.47 Å². The van der Waals surface area contributed by atoms with Gasteiger partial charge in [-0.3, -0.25) is 9.69 Å². The predicted molar refractivity (Wildman–Crippen MR) is 128 cm³/mol. The predicted octanol–water partition coefficient (Wildman–Crippen LogP) is 6.89. The highest BCUT2D eigenvalue weighted by Crippen LogP contribution is 2.38. The first-order valence-corrected chi connectivity index (χ1v) is 12.7. The summed E-state index contributed by atoms with van der Waals surface area (Å²) in [7, 11) is 1.39. The Balaban J connectivity index is 0.000000739. The maximum atomic E-state index is 12.9. The molecule has 0 aliphatic carbocycles. The van der Waals surface area contributed by atoms with E-state index in [0.29, 0.717) is 12.3 Å². The number of benzene rings is 1. The van der Waals surface area contributed by atoms with Crippen molar-refractivity contribution in [1.82, 2.24) is 4.90 Å². The van der Waals surface area contributed by atoms with E-state index in [4.69, 9.17) is 9.47 Å². The van der Waals surface area contributed by atoms with Crippen LogP contribution in [0.4, 0.5) is 13.2 Å². The number of nitrogens with zero attached hydrogens (tertiary/aromatic N) is 1. The van der Waals surface area contributed by atoms with Gasteiger partial charge in [0.2, 0.25) is 0 Å². The van der Waals surface area contributed by atoms with E-state index < -0.39 is 11.7 Å². The van der Waals surface area contributed by atoms with Crippen LogP contribution in [-0.4, -0.2) is 44.3 Å². The second-order valence-electron chi connectivity index (χ2n) is 9.99. The Morgan fingerprint density at radius 1 is 1.12 bits per heavy atom. The third-order valence-electron chi connectivity index (χ3n) is 7.11. The molecule has 2 heterocycles. The summed E-state index contributed by atoms with van der Waals surface area (Å²) in [5.41, 5.74) is 0.261. The van der Waals surface area contributed by atoms with E-state index in [1.807, 2.05) is 0 Å². The van der Waals surface area contributed by atoms with Gasteiger partial charge in [-0.05, 0) is 80.6 Å². The highest BCUT2D eigenvalue weighted by Gasteiger charge is 2.33. The van der Waals surface area contributed by atoms with Gasteiger partial charge in [-0.25, -0.2) is 0 Å². The summed E-state index contributed by atoms with van der Waals surface area (Å²) in [5, 5.41) is 0. The van der Waals surface area contributed by atoms with Gasteiger partial charge in [0.25, 0.3) is 0 Å². The molecule has 1 unspecified atom stereocenters. The van der Waals surface area contributed by atoms with Gasteiger partial charge >= 0.3 is 12.1 Å². The summed E-state index contributed by atoms with van der Waals surface area (Å²) in [6, 6.07) is 5.54. The number of halogens is 3. The summed E-state index contributed by atoms with van der Waals surface area (Å²) in [4.78, 5) is 14.1. The number of esters is 1. The van der Waals surface area contributed by atoms with E-state index in [1.165, 1.54) is 13.5 Å². The summed E-state index contributed by atoms with van der Waals surface area (Å²) < 4.78 is 49.1. The summed E-state index contributed by atoms with van der Waals surface area (Å²) in [6.07, 6.45) is 2.21. The number of hydrogen-bond acceptors (Lipinski definition) is 4. The Labute approximate surface area is 203 Å². The summed E-state index contributed by atoms with van der Waals surface area (Å²) in [5.74, 6) is 1.49. The van der Waals surface area contributed by atoms with Crippen molar-refractivity contribution in [3.63, 3.8) is 0 Å². The van der Waals surface area contributed by atoms with Crippen molar-refractivity contribution in [3.8, 4) is 0 Å². The molecule has 2 saturated heterocycles. The average molecular weight is 486 g/mol. The molecular formula is C27H42F3NO3. The van der Waals surface area contributed by atoms with E-state index in [0.717, 1.165) is 82.0 Å². The molecule has 0 amide bonds. The monoisotopic (exact) mass is 485 g/mol. The molecular weight excluding hydrogens is 443 g/mol. The first kappa shape index (κ1) is 28.6. The van der Waals surface area contributed by atoms with Gasteiger partial charge in [-0.15, -0.1) is 0 Å². The van der Waals surface area contributed by atoms with Gasteiger partial charge in [0.1, 0.15) is 0 Å². The lowest BCUT2D eigenvalue weighted by Crippen LogP contribution is -2.39. The van der Waals surface area contributed by atoms with Crippen molar-refractivity contribution in [2.45, 2.75) is 77.9 Å². The third-order valence-corrected chi connectivity index (χ3v) is 7.11. The standard InChI is InChI=1S/C22H30F3NO3.C5H12/c1-28-21(27)15-17-7-11-26(10-6-16-8-12-29-13-9-16)20(14-17)18-2-4-19(5-3-18)22(23,24)25;1-4-5(2)3/h2-5,16-17,20H,6-15H2,1H3;5H,4H2,1-3H3/t17-,20?;/m1./s1. The van der Waals surface area contributed by atoms with Crippen LogP contribution >= 0.6 is 0 Å². The van der Waals surface area contributed by atoms with Crippen molar-refractivity contribution >= 4 is 5.97 Å². The van der Waals surface area contributed by atoms with Gasteiger partial charge in [-0.2, -0.15) is 13.2 Å². The molecule has 0 radical (unpaired) electrons. The highest BCUT2D eigenvalue weighted by molar-refractivity contribution is 5.69. The smallest absolute Gasteiger partial charge is 0.416 e. The zero-order valence-corrected chi connectivity index (χ0v) is 21.2. The van der Waals surface area contributed by atoms with Crippen LogP contribution in [0.5, 0.6) is 0 Å². The lowest BCUT2D eigenvalue weighted by Gasteiger charge is -2.40. The molecule has 7 heteroatoms. The SMILES string of the molecule is CCC(C)C.COC(=O)C[C@@H]1CCN(CCC2CCOCC2)C(c2ccc(C(F)(F)F)cc2)C1. The number of methoxy groups -OCH3 is 1. The Morgan fingerprint density at radius 3 is 2.26 bits per heavy atom. The van der Waals surface area contributed by atoms with Crippen LogP contribution in [0.1, 0.15) is 82.9 Å². The highest BCUT2D eigenvalue weighted by atomic mass is 19.4. The summed E-state index contributed by atoms with van der Waals surface area (Å²) in [6.45, 7) is 10.0. The molecule has 1 aromatic rings. The molecule has 194 valence electrons. The minimum absolute atomic E-state index is 0.0283. The number of hydrogen-bond donors (Lipinski definition) is 0. The number of rotatable bonds is 7. The topological polar surface area (TPSA) is 38.8 Å². The van der Waals surface area contributed by atoms with E-state index in [9.17, 15) is 18.0 Å². The largest absolute Gasteiger partial charge is 0.469 e. The second kappa shape index (κ2) is 14.1. The Morgan fingerprint density at radius 2 is 1.74 bits per heavy atom. The van der Waals surface area contributed by atoms with Crippen molar-refractivity contribution < 1.29 is 27.4 Å². The number of alkyl halides is 3. The number of piperidine rings is 1. The van der Waals surface area contributed by atoms with Gasteiger partial charge in [0, 0.05) is 25.7 Å². The summed E-state index contributed by atoms with van der Waals surface area (Å²) >= 11 is 0. The Kier molecular flexibility index (Phi) is 11.9. The fourth-order valence-corrected chi connectivity index (χ4v) is 4.48. The maximum absolute atomic E-state index is 12.9. The lowest BCUT2D eigenvalue weighted by molar-refractivity contribution is -0.142. The van der Waals surface area contributed by atoms with E-state index >= 15 is 0 Å². The molecule has 34 heavy (non-hydrogen) atoms. The quantitative estimate of drug-likeness (QED) is 0.394. The molecule has 2 aliphatic heterocycles. The number of carbonyl (C=O) groups excluding carboxylic acids is 1. The number of likely N-dealkylation sites (tertiary alicyclic amines) is 1. The normalized spacial score (nSPS) is 22.2. The Hall–Kier alpha value is -1.60. The van der Waals surface area contributed by atoms with Gasteiger partial charge in [0.05, 0.1) is 12.7 Å². The van der Waals surface area contributed by atoms with E-state index in [1.54, 1.807) is 12.1 Å². The molecule has 2 fully saturated rings. The minimum Gasteiger partial charge on any atom is -0.469 e. The van der Waals surface area contributed by atoms with Crippen LogP contribution in [0.15, 0.2) is 24.3 Å². The first-order valence-electron chi connectivity index (χ1n) is 12.7. The first-order chi connectivity index (χ1) is 16.1. The van der Waals surface area contributed by atoms with E-state index in [2.05, 4.69) is 25.7 Å². The van der Waals surface area contributed by atoms with Crippen LogP contribution in [-0.2, 0) is 20.4 Å². The lowest BCUT2D eigenvalue weighted by atomic mass is 9.84.